The normalized spacial score (nSPS) is 16.5. The summed E-state index contributed by atoms with van der Waals surface area (Å²) < 4.78 is 16.1. The first-order valence-electron chi connectivity index (χ1n) is 7.33. The van der Waals surface area contributed by atoms with E-state index >= 15 is 0 Å². The smallest absolute Gasteiger partial charge is 0.337 e. The first-order chi connectivity index (χ1) is 10.2. The van der Waals surface area contributed by atoms with Gasteiger partial charge in [-0.05, 0) is 37.6 Å². The van der Waals surface area contributed by atoms with Crippen molar-refractivity contribution in [1.82, 2.24) is 4.90 Å². The standard InChI is InChI=1S/C16H23NO4/c1-4-17-9-7-13(8-10-17)21-15-11-12(16(18)20-3)5-6-14(15)19-2/h5-6,11,13H,4,7-10H2,1-3H3. The van der Waals surface area contributed by atoms with Crippen LogP contribution < -0.4 is 9.47 Å². The highest BCUT2D eigenvalue weighted by atomic mass is 16.5. The second kappa shape index (κ2) is 7.31. The Balaban J connectivity index is 2.09. The van der Waals surface area contributed by atoms with Crippen LogP contribution >= 0.6 is 0 Å². The maximum Gasteiger partial charge on any atom is 0.337 e. The second-order valence-electron chi connectivity index (χ2n) is 5.11. The molecule has 1 aliphatic heterocycles. The average Bonchev–Trinajstić information content (AvgIpc) is 2.54. The number of hydrogen-bond donors (Lipinski definition) is 0. The highest BCUT2D eigenvalue weighted by Crippen LogP contribution is 2.31. The van der Waals surface area contributed by atoms with Crippen LogP contribution in [0.1, 0.15) is 30.1 Å². The molecule has 0 aliphatic carbocycles. The first-order valence-corrected chi connectivity index (χ1v) is 7.33. The molecule has 2 rings (SSSR count). The Morgan fingerprint density at radius 1 is 1.24 bits per heavy atom. The minimum absolute atomic E-state index is 0.162. The molecule has 0 aromatic heterocycles. The van der Waals surface area contributed by atoms with Crippen molar-refractivity contribution in [2.24, 2.45) is 0 Å². The quantitative estimate of drug-likeness (QED) is 0.780. The van der Waals surface area contributed by atoms with Gasteiger partial charge >= 0.3 is 5.97 Å². The summed E-state index contributed by atoms with van der Waals surface area (Å²) in [5, 5.41) is 0. The number of rotatable bonds is 5. The Morgan fingerprint density at radius 2 is 1.95 bits per heavy atom. The van der Waals surface area contributed by atoms with E-state index in [1.807, 2.05) is 0 Å². The van der Waals surface area contributed by atoms with Crippen LogP contribution in [0, 0.1) is 0 Å². The Labute approximate surface area is 125 Å². The number of esters is 1. The average molecular weight is 293 g/mol. The molecule has 5 nitrogen and oxygen atoms in total. The van der Waals surface area contributed by atoms with Crippen LogP contribution in [0.5, 0.6) is 11.5 Å². The summed E-state index contributed by atoms with van der Waals surface area (Å²) >= 11 is 0. The Kier molecular flexibility index (Phi) is 5.44. The fourth-order valence-electron chi connectivity index (χ4n) is 2.54. The molecule has 0 spiro atoms. The van der Waals surface area contributed by atoms with Crippen LogP contribution in [-0.4, -0.2) is 50.8 Å². The SMILES string of the molecule is CCN1CCC(Oc2cc(C(=O)OC)ccc2OC)CC1. The topological polar surface area (TPSA) is 48.0 Å². The lowest BCUT2D eigenvalue weighted by Gasteiger charge is -2.31. The van der Waals surface area contributed by atoms with E-state index in [1.165, 1.54) is 7.11 Å². The van der Waals surface area contributed by atoms with Crippen molar-refractivity contribution in [3.63, 3.8) is 0 Å². The van der Waals surface area contributed by atoms with Gasteiger partial charge in [0.1, 0.15) is 6.10 Å². The van der Waals surface area contributed by atoms with Gasteiger partial charge in [0.25, 0.3) is 0 Å². The molecule has 1 heterocycles. The molecule has 0 bridgehead atoms. The van der Waals surface area contributed by atoms with E-state index in [-0.39, 0.29) is 12.1 Å². The number of piperidine rings is 1. The number of ether oxygens (including phenoxy) is 3. The molecule has 0 unspecified atom stereocenters. The molecular weight excluding hydrogens is 270 g/mol. The maximum atomic E-state index is 11.6. The number of nitrogens with zero attached hydrogens (tertiary/aromatic N) is 1. The maximum absolute atomic E-state index is 11.6. The van der Waals surface area contributed by atoms with Gasteiger partial charge in [0.2, 0.25) is 0 Å². The van der Waals surface area contributed by atoms with Crippen molar-refractivity contribution in [2.45, 2.75) is 25.9 Å². The zero-order valence-electron chi connectivity index (χ0n) is 12.9. The number of methoxy groups -OCH3 is 2. The van der Waals surface area contributed by atoms with Crippen molar-refractivity contribution in [3.05, 3.63) is 23.8 Å². The minimum Gasteiger partial charge on any atom is -0.493 e. The lowest BCUT2D eigenvalue weighted by molar-refractivity contribution is 0.0598. The van der Waals surface area contributed by atoms with Gasteiger partial charge in [-0.3, -0.25) is 0 Å². The predicted octanol–water partition coefficient (Wildman–Crippen LogP) is 2.34. The van der Waals surface area contributed by atoms with Gasteiger partial charge in [-0.2, -0.15) is 0 Å². The van der Waals surface area contributed by atoms with E-state index in [9.17, 15) is 4.79 Å². The Morgan fingerprint density at radius 3 is 2.52 bits per heavy atom. The Hall–Kier alpha value is -1.75. The molecule has 116 valence electrons. The van der Waals surface area contributed by atoms with E-state index in [1.54, 1.807) is 25.3 Å². The lowest BCUT2D eigenvalue weighted by Crippen LogP contribution is -2.38. The van der Waals surface area contributed by atoms with E-state index in [4.69, 9.17) is 14.2 Å². The van der Waals surface area contributed by atoms with Crippen molar-refractivity contribution in [1.29, 1.82) is 0 Å². The number of likely N-dealkylation sites (tertiary alicyclic amines) is 1. The fourth-order valence-corrected chi connectivity index (χ4v) is 2.54. The van der Waals surface area contributed by atoms with Crippen molar-refractivity contribution in [3.8, 4) is 11.5 Å². The third kappa shape index (κ3) is 3.88. The molecule has 0 saturated carbocycles. The van der Waals surface area contributed by atoms with Gasteiger partial charge in [0, 0.05) is 13.1 Å². The fraction of sp³-hybridized carbons (Fsp3) is 0.562. The van der Waals surface area contributed by atoms with Gasteiger partial charge in [-0.25, -0.2) is 4.79 Å². The van der Waals surface area contributed by atoms with Crippen LogP contribution in [0.2, 0.25) is 0 Å². The zero-order valence-corrected chi connectivity index (χ0v) is 12.9. The highest BCUT2D eigenvalue weighted by Gasteiger charge is 2.21. The minimum atomic E-state index is -0.372. The molecule has 1 aliphatic rings. The van der Waals surface area contributed by atoms with E-state index in [2.05, 4.69) is 11.8 Å². The highest BCUT2D eigenvalue weighted by molar-refractivity contribution is 5.90. The van der Waals surface area contributed by atoms with E-state index in [0.717, 1.165) is 32.5 Å². The van der Waals surface area contributed by atoms with E-state index in [0.29, 0.717) is 17.1 Å². The van der Waals surface area contributed by atoms with E-state index < -0.39 is 0 Å². The Bertz CT molecular complexity index is 481. The molecular formula is C16H23NO4. The summed E-state index contributed by atoms with van der Waals surface area (Å²) in [6.45, 7) is 5.33. The summed E-state index contributed by atoms with van der Waals surface area (Å²) in [5.41, 5.74) is 0.472. The van der Waals surface area contributed by atoms with Crippen molar-refractivity contribution >= 4 is 5.97 Å². The van der Waals surface area contributed by atoms with Gasteiger partial charge < -0.3 is 19.1 Å². The van der Waals surface area contributed by atoms with Crippen LogP contribution in [0.25, 0.3) is 0 Å². The van der Waals surface area contributed by atoms with Crippen LogP contribution in [0.4, 0.5) is 0 Å². The largest absolute Gasteiger partial charge is 0.493 e. The molecule has 1 aromatic rings. The van der Waals surface area contributed by atoms with Crippen LogP contribution in [0.15, 0.2) is 18.2 Å². The summed E-state index contributed by atoms with van der Waals surface area (Å²) in [7, 11) is 2.97. The van der Waals surface area contributed by atoms with Crippen molar-refractivity contribution < 1.29 is 19.0 Å². The molecule has 0 radical (unpaired) electrons. The molecule has 0 amide bonds. The molecule has 5 heteroatoms. The summed E-state index contributed by atoms with van der Waals surface area (Å²) in [5.74, 6) is 0.874. The molecule has 1 fully saturated rings. The van der Waals surface area contributed by atoms with Crippen LogP contribution in [-0.2, 0) is 4.74 Å². The molecule has 1 aromatic carbocycles. The van der Waals surface area contributed by atoms with Gasteiger partial charge in [-0.1, -0.05) is 6.92 Å². The number of hydrogen-bond acceptors (Lipinski definition) is 5. The van der Waals surface area contributed by atoms with Gasteiger partial charge in [0.15, 0.2) is 11.5 Å². The molecule has 0 atom stereocenters. The summed E-state index contributed by atoms with van der Waals surface area (Å²) in [4.78, 5) is 14.0. The number of carbonyl (C=O) groups is 1. The molecule has 21 heavy (non-hydrogen) atoms. The van der Waals surface area contributed by atoms with Crippen LogP contribution in [0.3, 0.4) is 0 Å². The second-order valence-corrected chi connectivity index (χ2v) is 5.11. The van der Waals surface area contributed by atoms with Gasteiger partial charge in [-0.15, -0.1) is 0 Å². The lowest BCUT2D eigenvalue weighted by atomic mass is 10.1. The van der Waals surface area contributed by atoms with Gasteiger partial charge in [0.05, 0.1) is 19.8 Å². The molecule has 0 N–H and O–H groups in total. The number of carbonyl (C=O) groups excluding carboxylic acids is 1. The van der Waals surface area contributed by atoms with Crippen molar-refractivity contribution in [2.75, 3.05) is 33.9 Å². The number of benzene rings is 1. The first kappa shape index (κ1) is 15.6. The third-order valence-electron chi connectivity index (χ3n) is 3.86. The summed E-state index contributed by atoms with van der Waals surface area (Å²) in [6, 6.07) is 5.11. The predicted molar refractivity (Wildman–Crippen MR) is 80.1 cm³/mol. The third-order valence-corrected chi connectivity index (χ3v) is 3.86. The molecule has 1 saturated heterocycles. The zero-order chi connectivity index (χ0) is 15.2. The monoisotopic (exact) mass is 293 g/mol. The summed E-state index contributed by atoms with van der Waals surface area (Å²) in [6.07, 6.45) is 2.13.